The van der Waals surface area contributed by atoms with E-state index in [1.807, 2.05) is 9.80 Å². The zero-order valence-electron chi connectivity index (χ0n) is 12.3. The molecule has 0 N–H and O–H groups in total. The molecule has 0 aromatic heterocycles. The number of carbonyl (C=O) groups is 1. The Bertz CT molecular complexity index is 317. The van der Waals surface area contributed by atoms with Gasteiger partial charge in [0, 0.05) is 32.8 Å². The molecule has 3 fully saturated rings. The first kappa shape index (κ1) is 14.1. The number of amides is 2. The van der Waals surface area contributed by atoms with Crippen molar-refractivity contribution >= 4 is 6.03 Å². The van der Waals surface area contributed by atoms with Gasteiger partial charge in [-0.3, -0.25) is 0 Å². The molecule has 0 bridgehead atoms. The van der Waals surface area contributed by atoms with Gasteiger partial charge >= 0.3 is 6.03 Å². The summed E-state index contributed by atoms with van der Waals surface area (Å²) in [6.45, 7) is 5.13. The maximum absolute atomic E-state index is 12.4. The van der Waals surface area contributed by atoms with Gasteiger partial charge in [0.05, 0.1) is 18.8 Å². The highest BCUT2D eigenvalue weighted by Gasteiger charge is 2.29. The largest absolute Gasteiger partial charge is 0.379 e. The van der Waals surface area contributed by atoms with Crippen molar-refractivity contribution in [2.75, 3.05) is 39.4 Å². The van der Waals surface area contributed by atoms with Crippen LogP contribution in [0.25, 0.3) is 0 Å². The van der Waals surface area contributed by atoms with Gasteiger partial charge in [0.2, 0.25) is 0 Å². The van der Waals surface area contributed by atoms with E-state index in [2.05, 4.69) is 0 Å². The van der Waals surface area contributed by atoms with Crippen LogP contribution in [0.2, 0.25) is 0 Å². The summed E-state index contributed by atoms with van der Waals surface area (Å²) in [5, 5.41) is 0. The van der Waals surface area contributed by atoms with E-state index in [1.165, 1.54) is 6.42 Å². The Morgan fingerprint density at radius 2 is 1.60 bits per heavy atom. The van der Waals surface area contributed by atoms with Crippen LogP contribution in [0.4, 0.5) is 4.79 Å². The summed E-state index contributed by atoms with van der Waals surface area (Å²) in [4.78, 5) is 16.4. The average molecular weight is 282 g/mol. The summed E-state index contributed by atoms with van der Waals surface area (Å²) in [5.41, 5.74) is 0. The monoisotopic (exact) mass is 282 g/mol. The van der Waals surface area contributed by atoms with Crippen LogP contribution in [-0.2, 0) is 9.47 Å². The highest BCUT2D eigenvalue weighted by Crippen LogP contribution is 2.20. The van der Waals surface area contributed by atoms with Crippen LogP contribution < -0.4 is 0 Å². The van der Waals surface area contributed by atoms with E-state index in [-0.39, 0.29) is 12.1 Å². The number of carbonyl (C=O) groups excluding carboxylic acids is 1. The predicted octanol–water partition coefficient (Wildman–Crippen LogP) is 1.86. The summed E-state index contributed by atoms with van der Waals surface area (Å²) in [5.74, 6) is 0. The van der Waals surface area contributed by atoms with Crippen molar-refractivity contribution in [3.8, 4) is 0 Å². The Morgan fingerprint density at radius 1 is 0.900 bits per heavy atom. The van der Waals surface area contributed by atoms with E-state index in [0.717, 1.165) is 71.5 Å². The lowest BCUT2D eigenvalue weighted by molar-refractivity contribution is -0.0406. The summed E-state index contributed by atoms with van der Waals surface area (Å²) >= 11 is 0. The molecule has 0 radical (unpaired) electrons. The molecule has 1 atom stereocenters. The van der Waals surface area contributed by atoms with Gasteiger partial charge in [0.1, 0.15) is 0 Å². The Hall–Kier alpha value is -0.810. The average Bonchev–Trinajstić information content (AvgIpc) is 3.01. The second-order valence-electron chi connectivity index (χ2n) is 6.14. The smallest absolute Gasteiger partial charge is 0.320 e. The highest BCUT2D eigenvalue weighted by molar-refractivity contribution is 5.74. The Morgan fingerprint density at radius 3 is 2.25 bits per heavy atom. The van der Waals surface area contributed by atoms with E-state index < -0.39 is 0 Å². The number of piperidine rings is 2. The van der Waals surface area contributed by atoms with E-state index in [4.69, 9.17) is 9.47 Å². The van der Waals surface area contributed by atoms with E-state index in [9.17, 15) is 4.79 Å². The van der Waals surface area contributed by atoms with E-state index >= 15 is 0 Å². The summed E-state index contributed by atoms with van der Waals surface area (Å²) in [7, 11) is 0. The molecule has 20 heavy (non-hydrogen) atoms. The minimum Gasteiger partial charge on any atom is -0.379 e. The number of ether oxygens (including phenoxy) is 2. The number of likely N-dealkylation sites (tertiary alicyclic amines) is 2. The Kier molecular flexibility index (Phi) is 4.78. The lowest BCUT2D eigenvalue weighted by atomic mass is 10.1. The molecule has 3 rings (SSSR count). The van der Waals surface area contributed by atoms with Crippen molar-refractivity contribution in [2.24, 2.45) is 0 Å². The molecule has 5 nitrogen and oxygen atoms in total. The van der Waals surface area contributed by atoms with Crippen LogP contribution >= 0.6 is 0 Å². The molecule has 1 unspecified atom stereocenters. The van der Waals surface area contributed by atoms with Gasteiger partial charge in [0.15, 0.2) is 0 Å². The number of hydrogen-bond acceptors (Lipinski definition) is 3. The van der Waals surface area contributed by atoms with Gasteiger partial charge in [-0.05, 0) is 38.5 Å². The zero-order chi connectivity index (χ0) is 13.8. The minimum absolute atomic E-state index is 0.243. The molecule has 3 aliphatic heterocycles. The third-order valence-corrected chi connectivity index (χ3v) is 4.61. The predicted molar refractivity (Wildman–Crippen MR) is 75.7 cm³/mol. The summed E-state index contributed by atoms with van der Waals surface area (Å²) < 4.78 is 11.4. The SMILES string of the molecule is O=C(N1CCCCC1)N1CCC(OC2CCOC2)CC1. The maximum atomic E-state index is 12.4. The molecule has 0 aromatic carbocycles. The van der Waals surface area contributed by atoms with Crippen LogP contribution in [0.5, 0.6) is 0 Å². The molecule has 114 valence electrons. The van der Waals surface area contributed by atoms with Gasteiger partial charge in [-0.25, -0.2) is 4.79 Å². The van der Waals surface area contributed by atoms with Crippen LogP contribution in [0.1, 0.15) is 38.5 Å². The third-order valence-electron chi connectivity index (χ3n) is 4.61. The van der Waals surface area contributed by atoms with E-state index in [1.54, 1.807) is 0 Å². The normalized spacial score (nSPS) is 28.9. The van der Waals surface area contributed by atoms with Crippen LogP contribution in [0, 0.1) is 0 Å². The van der Waals surface area contributed by atoms with Crippen molar-refractivity contribution < 1.29 is 14.3 Å². The zero-order valence-corrected chi connectivity index (χ0v) is 12.3. The molecule has 5 heteroatoms. The van der Waals surface area contributed by atoms with Crippen LogP contribution in [-0.4, -0.2) is 67.4 Å². The first-order valence-electron chi connectivity index (χ1n) is 8.10. The number of rotatable bonds is 2. The molecule has 0 aromatic rings. The summed E-state index contributed by atoms with van der Waals surface area (Å²) in [6.07, 6.45) is 7.14. The van der Waals surface area contributed by atoms with Crippen molar-refractivity contribution in [3.63, 3.8) is 0 Å². The minimum atomic E-state index is 0.243. The van der Waals surface area contributed by atoms with Crippen molar-refractivity contribution in [1.82, 2.24) is 9.80 Å². The van der Waals surface area contributed by atoms with Crippen molar-refractivity contribution in [2.45, 2.75) is 50.7 Å². The quantitative estimate of drug-likeness (QED) is 0.776. The molecule has 0 aliphatic carbocycles. The Labute approximate surface area is 121 Å². The lowest BCUT2D eigenvalue weighted by Gasteiger charge is -2.37. The molecule has 0 saturated carbocycles. The van der Waals surface area contributed by atoms with Crippen LogP contribution in [0.3, 0.4) is 0 Å². The summed E-state index contributed by atoms with van der Waals surface area (Å²) in [6, 6.07) is 0.243. The van der Waals surface area contributed by atoms with Gasteiger partial charge in [0.25, 0.3) is 0 Å². The number of nitrogens with zero attached hydrogens (tertiary/aromatic N) is 2. The first-order chi connectivity index (χ1) is 9.83. The molecule has 0 spiro atoms. The molecule has 2 amide bonds. The molecule has 3 aliphatic rings. The third kappa shape index (κ3) is 3.44. The molecule has 3 saturated heterocycles. The van der Waals surface area contributed by atoms with Gasteiger partial charge in [-0.1, -0.05) is 0 Å². The number of urea groups is 1. The number of hydrogen-bond donors (Lipinski definition) is 0. The standard InChI is InChI=1S/C15H26N2O3/c18-15(16-7-2-1-3-8-16)17-9-4-13(5-10-17)20-14-6-11-19-12-14/h13-14H,1-12H2. The second kappa shape index (κ2) is 6.76. The highest BCUT2D eigenvalue weighted by atomic mass is 16.5. The molecular weight excluding hydrogens is 256 g/mol. The topological polar surface area (TPSA) is 42.0 Å². The van der Waals surface area contributed by atoms with Crippen molar-refractivity contribution in [3.05, 3.63) is 0 Å². The lowest BCUT2D eigenvalue weighted by Crippen LogP contribution is -2.49. The first-order valence-corrected chi connectivity index (χ1v) is 8.10. The maximum Gasteiger partial charge on any atom is 0.320 e. The molecule has 3 heterocycles. The van der Waals surface area contributed by atoms with Crippen LogP contribution in [0.15, 0.2) is 0 Å². The molecular formula is C15H26N2O3. The Balaban J connectivity index is 1.41. The second-order valence-corrected chi connectivity index (χ2v) is 6.14. The van der Waals surface area contributed by atoms with E-state index in [0.29, 0.717) is 6.10 Å². The fourth-order valence-corrected chi connectivity index (χ4v) is 3.36. The van der Waals surface area contributed by atoms with Gasteiger partial charge in [-0.2, -0.15) is 0 Å². The van der Waals surface area contributed by atoms with Gasteiger partial charge in [-0.15, -0.1) is 0 Å². The van der Waals surface area contributed by atoms with Gasteiger partial charge < -0.3 is 19.3 Å². The van der Waals surface area contributed by atoms with Crippen molar-refractivity contribution in [1.29, 1.82) is 0 Å². The fraction of sp³-hybridized carbons (Fsp3) is 0.933. The fourth-order valence-electron chi connectivity index (χ4n) is 3.36.